The quantitative estimate of drug-likeness (QED) is 0.487. The molecule has 0 saturated carbocycles. The van der Waals surface area contributed by atoms with Crippen LogP contribution in [0.5, 0.6) is 0 Å². The first-order valence-corrected chi connectivity index (χ1v) is 9.22. The second kappa shape index (κ2) is 7.02. The van der Waals surface area contributed by atoms with Gasteiger partial charge in [0.2, 0.25) is 11.8 Å². The number of methoxy groups -OCH3 is 1. The van der Waals surface area contributed by atoms with Crippen molar-refractivity contribution in [3.8, 4) is 0 Å². The first kappa shape index (κ1) is 20.0. The summed E-state index contributed by atoms with van der Waals surface area (Å²) in [5, 5.41) is 8.99. The second-order valence-electron chi connectivity index (χ2n) is 6.50. The van der Waals surface area contributed by atoms with Crippen LogP contribution in [0.1, 0.15) is 6.92 Å². The van der Waals surface area contributed by atoms with Gasteiger partial charge in [0.05, 0.1) is 6.26 Å². The summed E-state index contributed by atoms with van der Waals surface area (Å²) in [7, 11) is 1.30. The van der Waals surface area contributed by atoms with Crippen LogP contribution in [-0.2, 0) is 23.9 Å². The zero-order valence-corrected chi connectivity index (χ0v) is 15.9. The third kappa shape index (κ3) is 2.79. The van der Waals surface area contributed by atoms with Gasteiger partial charge in [-0.1, -0.05) is 0 Å². The highest BCUT2D eigenvalue weighted by molar-refractivity contribution is 8.00. The standard InChI is InChI=1S/C16H19N3O8S/c1-9(20)19(10-4-3-5-26-10)16(25-2)11(21)18-6-15(13(22)23,7-27-14(17)24)8-28-12(16)18/h3-5,12H,6-8H2,1-2H3,(H2,17,24)(H,22,23)/t12-,15?,16?/m1/s1. The van der Waals surface area contributed by atoms with Gasteiger partial charge < -0.3 is 29.6 Å². The molecule has 3 amide bonds. The molecule has 152 valence electrons. The molecule has 2 fully saturated rings. The number of carbonyl (C=O) groups excluding carboxylic acids is 3. The van der Waals surface area contributed by atoms with E-state index in [1.807, 2.05) is 0 Å². The van der Waals surface area contributed by atoms with Crippen LogP contribution in [0.3, 0.4) is 0 Å². The molecule has 3 rings (SSSR count). The lowest BCUT2D eigenvalue weighted by atomic mass is 9.86. The van der Waals surface area contributed by atoms with Crippen LogP contribution in [0, 0.1) is 5.41 Å². The number of carboxylic acid groups (broad SMARTS) is 1. The van der Waals surface area contributed by atoms with Gasteiger partial charge in [0, 0.05) is 32.4 Å². The van der Waals surface area contributed by atoms with E-state index in [2.05, 4.69) is 0 Å². The van der Waals surface area contributed by atoms with E-state index in [0.717, 1.165) is 16.7 Å². The van der Waals surface area contributed by atoms with Crippen LogP contribution in [-0.4, -0.2) is 71.0 Å². The zero-order valence-electron chi connectivity index (χ0n) is 15.1. The van der Waals surface area contributed by atoms with Crippen molar-refractivity contribution in [2.24, 2.45) is 11.1 Å². The van der Waals surface area contributed by atoms with Crippen LogP contribution < -0.4 is 10.6 Å². The maximum Gasteiger partial charge on any atom is 0.404 e. The molecule has 0 radical (unpaired) electrons. The Bertz CT molecular complexity index is 815. The number of hydrogen-bond acceptors (Lipinski definition) is 8. The molecule has 1 aromatic rings. The molecule has 3 N–H and O–H groups in total. The van der Waals surface area contributed by atoms with Crippen molar-refractivity contribution in [3.05, 3.63) is 18.4 Å². The van der Waals surface area contributed by atoms with E-state index in [0.29, 0.717) is 0 Å². The zero-order chi connectivity index (χ0) is 20.7. The fourth-order valence-electron chi connectivity index (χ4n) is 3.45. The van der Waals surface area contributed by atoms with Crippen LogP contribution in [0.25, 0.3) is 0 Å². The molecule has 0 aliphatic carbocycles. The largest absolute Gasteiger partial charge is 0.481 e. The van der Waals surface area contributed by atoms with E-state index in [9.17, 15) is 24.3 Å². The third-order valence-corrected chi connectivity index (χ3v) is 6.41. The number of rotatable bonds is 6. The number of anilines is 1. The molecule has 2 saturated heterocycles. The van der Waals surface area contributed by atoms with Gasteiger partial charge in [0.1, 0.15) is 17.4 Å². The number of carboxylic acids is 1. The Kier molecular flexibility index (Phi) is 5.02. The highest BCUT2D eigenvalue weighted by Crippen LogP contribution is 2.51. The number of thioether (sulfide) groups is 1. The Morgan fingerprint density at radius 3 is 2.71 bits per heavy atom. The van der Waals surface area contributed by atoms with E-state index in [1.165, 1.54) is 31.3 Å². The summed E-state index contributed by atoms with van der Waals surface area (Å²) in [4.78, 5) is 50.5. The molecule has 0 aromatic carbocycles. The molecule has 12 heteroatoms. The number of nitrogens with zero attached hydrogens (tertiary/aromatic N) is 2. The molecule has 1 aromatic heterocycles. The molecule has 2 aliphatic rings. The molecule has 2 unspecified atom stereocenters. The molecule has 0 bridgehead atoms. The van der Waals surface area contributed by atoms with Gasteiger partial charge >= 0.3 is 12.1 Å². The number of carbonyl (C=O) groups is 4. The minimum atomic E-state index is -1.66. The first-order valence-electron chi connectivity index (χ1n) is 8.17. The molecule has 28 heavy (non-hydrogen) atoms. The predicted molar refractivity (Wildman–Crippen MR) is 95.2 cm³/mol. The average Bonchev–Trinajstić information content (AvgIpc) is 3.17. The predicted octanol–water partition coefficient (Wildman–Crippen LogP) is 0.0566. The van der Waals surface area contributed by atoms with Crippen molar-refractivity contribution in [1.29, 1.82) is 0 Å². The summed E-state index contributed by atoms with van der Waals surface area (Å²) in [6.07, 6.45) is 0.259. The maximum absolute atomic E-state index is 13.1. The average molecular weight is 413 g/mol. The van der Waals surface area contributed by atoms with Gasteiger partial charge in [0.15, 0.2) is 0 Å². The Hall–Kier alpha value is -2.73. The lowest BCUT2D eigenvalue weighted by Gasteiger charge is -2.60. The number of fused-ring (bicyclic) bond motifs is 1. The van der Waals surface area contributed by atoms with Gasteiger partial charge in [-0.15, -0.1) is 11.8 Å². The van der Waals surface area contributed by atoms with Crippen LogP contribution in [0.15, 0.2) is 22.8 Å². The number of β-lactam (4-membered cyclic amide) rings is 1. The Labute approximate surface area is 163 Å². The minimum Gasteiger partial charge on any atom is -0.481 e. The fraction of sp³-hybridized carbons (Fsp3) is 0.500. The molecule has 3 atom stereocenters. The number of aliphatic carboxylic acids is 1. The van der Waals surface area contributed by atoms with Crippen molar-refractivity contribution in [2.45, 2.75) is 18.0 Å². The molecule has 0 spiro atoms. The molecular formula is C16H19N3O8S. The second-order valence-corrected chi connectivity index (χ2v) is 7.56. The number of ether oxygens (including phenoxy) is 2. The van der Waals surface area contributed by atoms with Gasteiger partial charge in [-0.3, -0.25) is 14.4 Å². The number of nitrogens with two attached hydrogens (primary N) is 1. The molecular weight excluding hydrogens is 394 g/mol. The number of primary amides is 1. The Morgan fingerprint density at radius 2 is 2.21 bits per heavy atom. The van der Waals surface area contributed by atoms with E-state index in [1.54, 1.807) is 6.07 Å². The van der Waals surface area contributed by atoms with Crippen molar-refractivity contribution in [1.82, 2.24) is 4.90 Å². The van der Waals surface area contributed by atoms with Crippen LogP contribution in [0.4, 0.5) is 10.7 Å². The lowest BCUT2D eigenvalue weighted by molar-refractivity contribution is -0.195. The lowest BCUT2D eigenvalue weighted by Crippen LogP contribution is -2.83. The van der Waals surface area contributed by atoms with Gasteiger partial charge in [-0.05, 0) is 6.07 Å². The fourth-order valence-corrected chi connectivity index (χ4v) is 5.11. The number of hydrogen-bond donors (Lipinski definition) is 2. The summed E-state index contributed by atoms with van der Waals surface area (Å²) in [6.45, 7) is 0.575. The normalized spacial score (nSPS) is 28.9. The number of amides is 3. The van der Waals surface area contributed by atoms with Crippen molar-refractivity contribution in [3.63, 3.8) is 0 Å². The van der Waals surface area contributed by atoms with E-state index >= 15 is 0 Å². The highest BCUT2D eigenvalue weighted by Gasteiger charge is 2.71. The third-order valence-electron chi connectivity index (χ3n) is 4.80. The maximum atomic E-state index is 13.1. The summed E-state index contributed by atoms with van der Waals surface area (Å²) >= 11 is 1.11. The van der Waals surface area contributed by atoms with Gasteiger partial charge in [-0.25, -0.2) is 9.69 Å². The SMILES string of the molecule is COC1(N(C(C)=O)c2ccco2)C(=O)N2CC(COC(N)=O)(C(=O)O)CS[C@@H]21. The monoisotopic (exact) mass is 413 g/mol. The van der Waals surface area contributed by atoms with Crippen LogP contribution >= 0.6 is 11.8 Å². The van der Waals surface area contributed by atoms with Crippen molar-refractivity contribution >= 4 is 41.5 Å². The minimum absolute atomic E-state index is 0.0130. The Morgan fingerprint density at radius 1 is 1.50 bits per heavy atom. The van der Waals surface area contributed by atoms with E-state index in [-0.39, 0.29) is 18.2 Å². The summed E-state index contributed by atoms with van der Waals surface area (Å²) in [5.41, 5.74) is 1.77. The summed E-state index contributed by atoms with van der Waals surface area (Å²) in [5.74, 6) is -2.15. The molecule has 2 aliphatic heterocycles. The topological polar surface area (TPSA) is 153 Å². The summed E-state index contributed by atoms with van der Waals surface area (Å²) in [6, 6.07) is 3.09. The summed E-state index contributed by atoms with van der Waals surface area (Å²) < 4.78 is 15.5. The van der Waals surface area contributed by atoms with E-state index in [4.69, 9.17) is 19.6 Å². The van der Waals surface area contributed by atoms with E-state index < -0.39 is 47.0 Å². The molecule has 3 heterocycles. The first-order chi connectivity index (χ1) is 13.2. The van der Waals surface area contributed by atoms with Crippen LogP contribution in [0.2, 0.25) is 0 Å². The molecule has 11 nitrogen and oxygen atoms in total. The van der Waals surface area contributed by atoms with Crippen molar-refractivity contribution in [2.75, 3.05) is 30.9 Å². The Balaban J connectivity index is 1.91. The van der Waals surface area contributed by atoms with Gasteiger partial charge in [-0.2, -0.15) is 0 Å². The number of furan rings is 1. The van der Waals surface area contributed by atoms with Crippen molar-refractivity contribution < 1.29 is 38.2 Å². The van der Waals surface area contributed by atoms with Gasteiger partial charge in [0.25, 0.3) is 11.6 Å². The smallest absolute Gasteiger partial charge is 0.404 e. The highest BCUT2D eigenvalue weighted by atomic mass is 32.2.